The summed E-state index contributed by atoms with van der Waals surface area (Å²) in [6.45, 7) is 4.96. The lowest BCUT2D eigenvalue weighted by atomic mass is 10.0. The van der Waals surface area contributed by atoms with Crippen molar-refractivity contribution in [1.82, 2.24) is 0 Å². The SMILES string of the molecule is C=CCOc1c(C)cc(C(=O)O)c(O)c1C(=O)O. The predicted octanol–water partition coefficient (Wildman–Crippen LogP) is 1.66. The molecule has 0 atom stereocenters. The fraction of sp³-hybridized carbons (Fsp3) is 0.167. The number of benzene rings is 1. The minimum absolute atomic E-state index is 0.0486. The van der Waals surface area contributed by atoms with Gasteiger partial charge in [0, 0.05) is 0 Å². The van der Waals surface area contributed by atoms with Gasteiger partial charge < -0.3 is 20.1 Å². The van der Waals surface area contributed by atoms with E-state index in [0.29, 0.717) is 5.56 Å². The van der Waals surface area contributed by atoms with Gasteiger partial charge in [0.2, 0.25) is 0 Å². The first-order valence-electron chi connectivity index (χ1n) is 4.97. The zero-order valence-corrected chi connectivity index (χ0v) is 9.64. The molecular weight excluding hydrogens is 240 g/mol. The smallest absolute Gasteiger partial charge is 0.343 e. The van der Waals surface area contributed by atoms with Crippen molar-refractivity contribution < 1.29 is 29.6 Å². The molecule has 96 valence electrons. The lowest BCUT2D eigenvalue weighted by Gasteiger charge is -2.13. The maximum Gasteiger partial charge on any atom is 0.343 e. The lowest BCUT2D eigenvalue weighted by molar-refractivity contribution is 0.0688. The van der Waals surface area contributed by atoms with Crippen LogP contribution >= 0.6 is 0 Å². The van der Waals surface area contributed by atoms with Crippen molar-refractivity contribution in [2.75, 3.05) is 6.61 Å². The minimum atomic E-state index is -1.46. The van der Waals surface area contributed by atoms with Crippen molar-refractivity contribution >= 4 is 11.9 Å². The van der Waals surface area contributed by atoms with Gasteiger partial charge in [-0.2, -0.15) is 0 Å². The topological polar surface area (TPSA) is 104 Å². The molecule has 1 aromatic rings. The molecule has 0 saturated carbocycles. The van der Waals surface area contributed by atoms with E-state index in [1.165, 1.54) is 13.0 Å². The van der Waals surface area contributed by atoms with Crippen LogP contribution in [0.4, 0.5) is 0 Å². The molecule has 0 radical (unpaired) electrons. The molecule has 18 heavy (non-hydrogen) atoms. The molecule has 6 heteroatoms. The van der Waals surface area contributed by atoms with E-state index in [9.17, 15) is 14.7 Å². The Morgan fingerprint density at radius 1 is 1.39 bits per heavy atom. The van der Waals surface area contributed by atoms with Gasteiger partial charge in [0.1, 0.15) is 29.2 Å². The molecule has 6 nitrogen and oxygen atoms in total. The van der Waals surface area contributed by atoms with Crippen LogP contribution in [0.1, 0.15) is 26.3 Å². The third kappa shape index (κ3) is 2.42. The van der Waals surface area contributed by atoms with Gasteiger partial charge in [0.15, 0.2) is 0 Å². The minimum Gasteiger partial charge on any atom is -0.506 e. The van der Waals surface area contributed by atoms with Crippen molar-refractivity contribution in [3.05, 3.63) is 35.4 Å². The van der Waals surface area contributed by atoms with E-state index in [1.54, 1.807) is 0 Å². The molecule has 0 fully saturated rings. The third-order valence-electron chi connectivity index (χ3n) is 2.23. The molecule has 1 aromatic carbocycles. The number of carboxylic acid groups (broad SMARTS) is 2. The maximum atomic E-state index is 11.1. The number of aromatic hydroxyl groups is 1. The highest BCUT2D eigenvalue weighted by Crippen LogP contribution is 2.34. The molecule has 0 aliphatic rings. The molecule has 0 saturated heterocycles. The van der Waals surface area contributed by atoms with Gasteiger partial charge in [-0.3, -0.25) is 0 Å². The fourth-order valence-electron chi connectivity index (χ4n) is 1.48. The van der Waals surface area contributed by atoms with Crippen LogP contribution in [0.25, 0.3) is 0 Å². The molecule has 0 aromatic heterocycles. The van der Waals surface area contributed by atoms with E-state index in [2.05, 4.69) is 6.58 Å². The van der Waals surface area contributed by atoms with Gasteiger partial charge in [0.05, 0.1) is 0 Å². The normalized spacial score (nSPS) is 9.83. The summed E-state index contributed by atoms with van der Waals surface area (Å²) in [5, 5.41) is 27.5. The molecule has 1 rings (SSSR count). The quantitative estimate of drug-likeness (QED) is 0.688. The summed E-state index contributed by atoms with van der Waals surface area (Å²) in [5.74, 6) is -3.75. The van der Waals surface area contributed by atoms with Crippen molar-refractivity contribution in [2.24, 2.45) is 0 Å². The first kappa shape index (κ1) is 13.6. The highest BCUT2D eigenvalue weighted by Gasteiger charge is 2.25. The van der Waals surface area contributed by atoms with Gasteiger partial charge >= 0.3 is 11.9 Å². The largest absolute Gasteiger partial charge is 0.506 e. The zero-order chi connectivity index (χ0) is 13.9. The lowest BCUT2D eigenvalue weighted by Crippen LogP contribution is -2.09. The average molecular weight is 252 g/mol. The van der Waals surface area contributed by atoms with Crippen LogP contribution in [0.2, 0.25) is 0 Å². The Morgan fingerprint density at radius 2 is 2.00 bits per heavy atom. The van der Waals surface area contributed by atoms with E-state index >= 15 is 0 Å². The molecule has 0 heterocycles. The van der Waals surface area contributed by atoms with Crippen molar-refractivity contribution in [3.63, 3.8) is 0 Å². The highest BCUT2D eigenvalue weighted by molar-refractivity contribution is 6.01. The summed E-state index contributed by atoms with van der Waals surface area (Å²) in [6.07, 6.45) is 1.41. The summed E-state index contributed by atoms with van der Waals surface area (Å²) in [6, 6.07) is 1.16. The Morgan fingerprint density at radius 3 is 2.44 bits per heavy atom. The second-order valence-electron chi connectivity index (χ2n) is 3.50. The molecular formula is C12H12O6. The first-order chi connectivity index (χ1) is 8.40. The number of rotatable bonds is 5. The maximum absolute atomic E-state index is 11.1. The molecule has 0 bridgehead atoms. The molecule has 0 aliphatic heterocycles. The summed E-state index contributed by atoms with van der Waals surface area (Å²) in [4.78, 5) is 21.9. The number of aromatic carboxylic acids is 2. The molecule has 0 amide bonds. The van der Waals surface area contributed by atoms with Crippen LogP contribution in [0.15, 0.2) is 18.7 Å². The van der Waals surface area contributed by atoms with Gasteiger partial charge in [-0.25, -0.2) is 9.59 Å². The summed E-state index contributed by atoms with van der Waals surface area (Å²) >= 11 is 0. The van der Waals surface area contributed by atoms with E-state index in [4.69, 9.17) is 14.9 Å². The number of ether oxygens (including phenoxy) is 1. The van der Waals surface area contributed by atoms with Crippen LogP contribution < -0.4 is 4.74 Å². The van der Waals surface area contributed by atoms with Gasteiger partial charge in [0.25, 0.3) is 0 Å². The van der Waals surface area contributed by atoms with Crippen LogP contribution in [-0.4, -0.2) is 33.9 Å². The Labute approximate surface area is 103 Å². The number of carbonyl (C=O) groups is 2. The van der Waals surface area contributed by atoms with Gasteiger partial charge in [-0.15, -0.1) is 0 Å². The molecule has 0 unspecified atom stereocenters. The fourth-order valence-corrected chi connectivity index (χ4v) is 1.48. The number of aryl methyl sites for hydroxylation is 1. The summed E-state index contributed by atoms with van der Waals surface area (Å²) < 4.78 is 5.14. The highest BCUT2D eigenvalue weighted by atomic mass is 16.5. The average Bonchev–Trinajstić information content (AvgIpc) is 2.28. The Hall–Kier alpha value is -2.50. The van der Waals surface area contributed by atoms with Gasteiger partial charge in [-0.1, -0.05) is 12.7 Å². The Bertz CT molecular complexity index is 518. The number of hydrogen-bond acceptors (Lipinski definition) is 4. The van der Waals surface area contributed by atoms with Crippen LogP contribution in [0.3, 0.4) is 0 Å². The zero-order valence-electron chi connectivity index (χ0n) is 9.64. The third-order valence-corrected chi connectivity index (χ3v) is 2.23. The summed E-state index contributed by atoms with van der Waals surface area (Å²) in [5.41, 5.74) is -0.727. The second kappa shape index (κ2) is 5.22. The second-order valence-corrected chi connectivity index (χ2v) is 3.50. The van der Waals surface area contributed by atoms with E-state index in [-0.39, 0.29) is 12.4 Å². The monoisotopic (exact) mass is 252 g/mol. The Kier molecular flexibility index (Phi) is 3.93. The van der Waals surface area contributed by atoms with Crippen molar-refractivity contribution in [2.45, 2.75) is 6.92 Å². The summed E-state index contributed by atoms with van der Waals surface area (Å²) in [7, 11) is 0. The van der Waals surface area contributed by atoms with Gasteiger partial charge in [-0.05, 0) is 18.6 Å². The predicted molar refractivity (Wildman–Crippen MR) is 62.5 cm³/mol. The Balaban J connectivity index is 3.51. The molecule has 3 N–H and O–H groups in total. The van der Waals surface area contributed by atoms with Crippen molar-refractivity contribution in [1.29, 1.82) is 0 Å². The number of phenols is 1. The van der Waals surface area contributed by atoms with E-state index in [1.807, 2.05) is 0 Å². The van der Waals surface area contributed by atoms with Crippen LogP contribution in [-0.2, 0) is 0 Å². The van der Waals surface area contributed by atoms with E-state index < -0.39 is 28.8 Å². The number of hydrogen-bond donors (Lipinski definition) is 3. The molecule has 0 aliphatic carbocycles. The number of carboxylic acids is 2. The van der Waals surface area contributed by atoms with Crippen LogP contribution in [0.5, 0.6) is 11.5 Å². The first-order valence-corrected chi connectivity index (χ1v) is 4.97. The molecule has 0 spiro atoms. The standard InChI is InChI=1S/C12H12O6/c1-3-4-18-10-6(2)5-7(11(14)15)9(13)8(10)12(16)17/h3,5,13H,1,4H2,2H3,(H,14,15)(H,16,17). The van der Waals surface area contributed by atoms with Crippen molar-refractivity contribution in [3.8, 4) is 11.5 Å². The van der Waals surface area contributed by atoms with E-state index in [0.717, 1.165) is 6.07 Å². The van der Waals surface area contributed by atoms with Crippen LogP contribution in [0, 0.1) is 6.92 Å².